The first-order valence-electron chi connectivity index (χ1n) is 6.66. The molecule has 2 aliphatic rings. The van der Waals surface area contributed by atoms with E-state index >= 15 is 0 Å². The molecule has 1 aliphatic carbocycles. The summed E-state index contributed by atoms with van der Waals surface area (Å²) in [5.41, 5.74) is -0.135. The van der Waals surface area contributed by atoms with E-state index in [4.69, 9.17) is 0 Å². The fraction of sp³-hybridized carbons (Fsp3) is 0.923. The van der Waals surface area contributed by atoms with Gasteiger partial charge < -0.3 is 10.2 Å². The van der Waals surface area contributed by atoms with E-state index < -0.39 is 0 Å². The van der Waals surface area contributed by atoms with Gasteiger partial charge in [-0.05, 0) is 45.1 Å². The van der Waals surface area contributed by atoms with Gasteiger partial charge in [0, 0.05) is 19.6 Å². The van der Waals surface area contributed by atoms with Crippen molar-refractivity contribution in [3.8, 4) is 0 Å². The number of carbonyl (C=O) groups is 1. The van der Waals surface area contributed by atoms with Crippen LogP contribution in [0.15, 0.2) is 0 Å². The normalized spacial score (nSPS) is 29.4. The molecule has 1 unspecified atom stereocenters. The Labute approximate surface area is 98.6 Å². The molecular weight excluding hydrogens is 200 g/mol. The van der Waals surface area contributed by atoms with E-state index in [0.717, 1.165) is 44.9 Å². The molecule has 0 aromatic carbocycles. The number of amides is 1. The summed E-state index contributed by atoms with van der Waals surface area (Å²) in [7, 11) is 0. The monoisotopic (exact) mass is 224 g/mol. The van der Waals surface area contributed by atoms with Gasteiger partial charge in [0.2, 0.25) is 5.91 Å². The van der Waals surface area contributed by atoms with Crippen LogP contribution in [-0.4, -0.2) is 37.0 Å². The van der Waals surface area contributed by atoms with Crippen molar-refractivity contribution >= 4 is 5.91 Å². The van der Waals surface area contributed by atoms with Crippen LogP contribution in [0.1, 0.15) is 39.5 Å². The number of rotatable bonds is 5. The van der Waals surface area contributed by atoms with E-state index in [1.54, 1.807) is 0 Å². The van der Waals surface area contributed by atoms with E-state index in [1.807, 2.05) is 0 Å². The minimum atomic E-state index is -0.135. The molecule has 0 aromatic heterocycles. The Morgan fingerprint density at radius 2 is 2.25 bits per heavy atom. The molecule has 2 fully saturated rings. The second kappa shape index (κ2) is 4.74. The zero-order valence-corrected chi connectivity index (χ0v) is 10.6. The molecule has 0 aromatic rings. The second-order valence-electron chi connectivity index (χ2n) is 5.68. The van der Waals surface area contributed by atoms with Crippen LogP contribution >= 0.6 is 0 Å². The van der Waals surface area contributed by atoms with Crippen molar-refractivity contribution in [3.63, 3.8) is 0 Å². The smallest absolute Gasteiger partial charge is 0.229 e. The predicted octanol–water partition coefficient (Wildman–Crippen LogP) is 1.63. The van der Waals surface area contributed by atoms with Crippen molar-refractivity contribution in [1.82, 2.24) is 10.2 Å². The summed E-state index contributed by atoms with van der Waals surface area (Å²) in [5, 5.41) is 3.31. The van der Waals surface area contributed by atoms with Crippen molar-refractivity contribution in [2.24, 2.45) is 11.3 Å². The Morgan fingerprint density at radius 1 is 1.50 bits per heavy atom. The van der Waals surface area contributed by atoms with Gasteiger partial charge in [0.05, 0.1) is 5.41 Å². The molecule has 1 aliphatic heterocycles. The third-order valence-electron chi connectivity index (χ3n) is 3.84. The largest absolute Gasteiger partial charge is 0.342 e. The maximum absolute atomic E-state index is 12.5. The number of carbonyl (C=O) groups excluding carboxylic acids is 1. The van der Waals surface area contributed by atoms with Gasteiger partial charge in [0.1, 0.15) is 0 Å². The highest BCUT2D eigenvalue weighted by Gasteiger charge is 2.40. The standard InChI is InChI=1S/C13H24N2O/c1-3-8-15(9-11-4-5-11)12(16)13(2)6-7-14-10-13/h11,14H,3-10H2,1-2H3. The maximum atomic E-state index is 12.5. The highest BCUT2D eigenvalue weighted by molar-refractivity contribution is 5.83. The lowest BCUT2D eigenvalue weighted by molar-refractivity contribution is -0.140. The van der Waals surface area contributed by atoms with Gasteiger partial charge in [0.15, 0.2) is 0 Å². The van der Waals surface area contributed by atoms with Crippen LogP contribution in [0.5, 0.6) is 0 Å². The quantitative estimate of drug-likeness (QED) is 0.770. The third-order valence-corrected chi connectivity index (χ3v) is 3.84. The highest BCUT2D eigenvalue weighted by Crippen LogP contribution is 2.33. The van der Waals surface area contributed by atoms with Gasteiger partial charge in [-0.2, -0.15) is 0 Å². The molecule has 3 heteroatoms. The van der Waals surface area contributed by atoms with E-state index in [0.29, 0.717) is 5.91 Å². The van der Waals surface area contributed by atoms with E-state index in [1.165, 1.54) is 12.8 Å². The van der Waals surface area contributed by atoms with Crippen LogP contribution in [-0.2, 0) is 4.79 Å². The lowest BCUT2D eigenvalue weighted by atomic mass is 9.88. The minimum absolute atomic E-state index is 0.135. The molecule has 1 amide bonds. The molecule has 16 heavy (non-hydrogen) atoms. The molecular formula is C13H24N2O. The molecule has 1 saturated carbocycles. The highest BCUT2D eigenvalue weighted by atomic mass is 16.2. The molecule has 0 radical (unpaired) electrons. The van der Waals surface area contributed by atoms with Gasteiger partial charge in [-0.25, -0.2) is 0 Å². The Hall–Kier alpha value is -0.570. The summed E-state index contributed by atoms with van der Waals surface area (Å²) < 4.78 is 0. The Morgan fingerprint density at radius 3 is 2.75 bits per heavy atom. The predicted molar refractivity (Wildman–Crippen MR) is 65.2 cm³/mol. The summed E-state index contributed by atoms with van der Waals surface area (Å²) in [4.78, 5) is 14.6. The van der Waals surface area contributed by atoms with Crippen molar-refractivity contribution < 1.29 is 4.79 Å². The fourth-order valence-corrected chi connectivity index (χ4v) is 2.54. The number of hydrogen-bond donors (Lipinski definition) is 1. The Balaban J connectivity index is 1.96. The molecule has 3 nitrogen and oxygen atoms in total. The van der Waals surface area contributed by atoms with Crippen LogP contribution < -0.4 is 5.32 Å². The number of nitrogens with zero attached hydrogens (tertiary/aromatic N) is 1. The van der Waals surface area contributed by atoms with E-state index in [2.05, 4.69) is 24.1 Å². The third kappa shape index (κ3) is 2.57. The van der Waals surface area contributed by atoms with Crippen LogP contribution in [0.2, 0.25) is 0 Å². The molecule has 2 rings (SSSR count). The van der Waals surface area contributed by atoms with Gasteiger partial charge in [-0.1, -0.05) is 6.92 Å². The summed E-state index contributed by atoms with van der Waals surface area (Å²) in [6, 6.07) is 0. The molecule has 0 spiro atoms. The van der Waals surface area contributed by atoms with Crippen LogP contribution in [0.3, 0.4) is 0 Å². The van der Waals surface area contributed by atoms with Gasteiger partial charge in [-0.3, -0.25) is 4.79 Å². The van der Waals surface area contributed by atoms with Crippen molar-refractivity contribution in [2.75, 3.05) is 26.2 Å². The van der Waals surface area contributed by atoms with Gasteiger partial charge in [-0.15, -0.1) is 0 Å². The van der Waals surface area contributed by atoms with Crippen LogP contribution in [0.25, 0.3) is 0 Å². The maximum Gasteiger partial charge on any atom is 0.229 e. The van der Waals surface area contributed by atoms with Crippen molar-refractivity contribution in [1.29, 1.82) is 0 Å². The molecule has 1 atom stereocenters. The van der Waals surface area contributed by atoms with Crippen LogP contribution in [0, 0.1) is 11.3 Å². The zero-order chi connectivity index (χ0) is 11.6. The Kier molecular flexibility index (Phi) is 3.53. The average Bonchev–Trinajstić information content (AvgIpc) is 2.97. The summed E-state index contributed by atoms with van der Waals surface area (Å²) in [6.07, 6.45) is 4.71. The Bertz CT molecular complexity index is 255. The molecule has 1 heterocycles. The summed E-state index contributed by atoms with van der Waals surface area (Å²) in [5.74, 6) is 1.18. The average molecular weight is 224 g/mol. The van der Waals surface area contributed by atoms with Crippen molar-refractivity contribution in [3.05, 3.63) is 0 Å². The SMILES string of the molecule is CCCN(CC1CC1)C(=O)C1(C)CCNC1. The topological polar surface area (TPSA) is 32.3 Å². The first-order chi connectivity index (χ1) is 7.65. The van der Waals surface area contributed by atoms with Gasteiger partial charge >= 0.3 is 0 Å². The second-order valence-corrected chi connectivity index (χ2v) is 5.68. The molecule has 92 valence electrons. The fourth-order valence-electron chi connectivity index (χ4n) is 2.54. The lowest BCUT2D eigenvalue weighted by Gasteiger charge is -2.31. The molecule has 1 saturated heterocycles. The summed E-state index contributed by atoms with van der Waals surface area (Å²) in [6.45, 7) is 8.06. The zero-order valence-electron chi connectivity index (χ0n) is 10.6. The lowest BCUT2D eigenvalue weighted by Crippen LogP contribution is -2.44. The van der Waals surface area contributed by atoms with Crippen LogP contribution in [0.4, 0.5) is 0 Å². The minimum Gasteiger partial charge on any atom is -0.342 e. The first-order valence-corrected chi connectivity index (χ1v) is 6.66. The van der Waals surface area contributed by atoms with Gasteiger partial charge in [0.25, 0.3) is 0 Å². The molecule has 1 N–H and O–H groups in total. The number of hydrogen-bond acceptors (Lipinski definition) is 2. The number of nitrogens with one attached hydrogen (secondary N) is 1. The van der Waals surface area contributed by atoms with E-state index in [-0.39, 0.29) is 5.41 Å². The molecule has 0 bridgehead atoms. The first kappa shape index (κ1) is 11.9. The van der Waals surface area contributed by atoms with E-state index in [9.17, 15) is 4.79 Å². The van der Waals surface area contributed by atoms with Crippen molar-refractivity contribution in [2.45, 2.75) is 39.5 Å². The summed E-state index contributed by atoms with van der Waals surface area (Å²) >= 11 is 0.